The fraction of sp³-hybridized carbons (Fsp3) is 0.375. The fourth-order valence-electron chi connectivity index (χ4n) is 1.64. The fourth-order valence-corrected chi connectivity index (χ4v) is 1.64. The molecule has 21 heavy (non-hydrogen) atoms. The summed E-state index contributed by atoms with van der Waals surface area (Å²) < 4.78 is 5.47. The molecule has 5 nitrogen and oxygen atoms in total. The molecule has 1 unspecified atom stereocenters. The zero-order chi connectivity index (χ0) is 15.8. The lowest BCUT2D eigenvalue weighted by Crippen LogP contribution is -2.40. The summed E-state index contributed by atoms with van der Waals surface area (Å²) in [5, 5.41) is 11.4. The number of aliphatic carboxylic acids is 1. The highest BCUT2D eigenvalue weighted by molar-refractivity contribution is 5.96. The molecule has 0 aliphatic heterocycles. The van der Waals surface area contributed by atoms with Crippen molar-refractivity contribution in [3.05, 3.63) is 48.0 Å². The minimum Gasteiger partial charge on any atom is -0.480 e. The first-order chi connectivity index (χ1) is 9.93. The van der Waals surface area contributed by atoms with Crippen LogP contribution in [0, 0.1) is 0 Å². The molecule has 0 aliphatic carbocycles. The van der Waals surface area contributed by atoms with Gasteiger partial charge in [-0.1, -0.05) is 18.2 Å². The summed E-state index contributed by atoms with van der Waals surface area (Å²) in [6, 6.07) is 5.93. The van der Waals surface area contributed by atoms with Crippen molar-refractivity contribution in [3.63, 3.8) is 0 Å². The van der Waals surface area contributed by atoms with E-state index in [1.165, 1.54) is 6.08 Å². The van der Waals surface area contributed by atoms with E-state index in [2.05, 4.69) is 11.9 Å². The van der Waals surface area contributed by atoms with E-state index in [1.54, 1.807) is 24.3 Å². The Balaban J connectivity index is 2.65. The van der Waals surface area contributed by atoms with Gasteiger partial charge in [0.1, 0.15) is 6.04 Å². The van der Waals surface area contributed by atoms with Crippen molar-refractivity contribution in [2.45, 2.75) is 39.0 Å². The highest BCUT2D eigenvalue weighted by Crippen LogP contribution is 2.08. The van der Waals surface area contributed by atoms with E-state index >= 15 is 0 Å². The van der Waals surface area contributed by atoms with Crippen LogP contribution in [0.15, 0.2) is 36.9 Å². The molecule has 1 rings (SSSR count). The number of benzene rings is 1. The summed E-state index contributed by atoms with van der Waals surface area (Å²) in [7, 11) is 0. The second-order valence-corrected chi connectivity index (χ2v) is 4.95. The number of carbonyl (C=O) groups excluding carboxylic acids is 1. The minimum absolute atomic E-state index is 0.142. The van der Waals surface area contributed by atoms with Gasteiger partial charge in [-0.2, -0.15) is 0 Å². The average Bonchev–Trinajstić information content (AvgIpc) is 2.45. The maximum atomic E-state index is 12.0. The number of ether oxygens (including phenoxy) is 1. The van der Waals surface area contributed by atoms with Crippen LogP contribution in [0.5, 0.6) is 0 Å². The van der Waals surface area contributed by atoms with E-state index < -0.39 is 17.9 Å². The Labute approximate surface area is 124 Å². The maximum absolute atomic E-state index is 12.0. The smallest absolute Gasteiger partial charge is 0.326 e. The largest absolute Gasteiger partial charge is 0.480 e. The molecule has 5 heteroatoms. The van der Waals surface area contributed by atoms with Crippen LogP contribution in [0.3, 0.4) is 0 Å². The number of rotatable bonds is 8. The van der Waals surface area contributed by atoms with Crippen LogP contribution in [0.2, 0.25) is 0 Å². The van der Waals surface area contributed by atoms with Crippen molar-refractivity contribution in [3.8, 4) is 0 Å². The number of carboxylic acids is 1. The van der Waals surface area contributed by atoms with Gasteiger partial charge in [0.15, 0.2) is 0 Å². The van der Waals surface area contributed by atoms with Crippen LogP contribution >= 0.6 is 0 Å². The van der Waals surface area contributed by atoms with Crippen molar-refractivity contribution in [2.24, 2.45) is 0 Å². The van der Waals surface area contributed by atoms with E-state index in [1.807, 2.05) is 13.8 Å². The first kappa shape index (κ1) is 16.9. The molecule has 0 saturated heterocycles. The van der Waals surface area contributed by atoms with Gasteiger partial charge in [0.05, 0.1) is 12.7 Å². The number of nitrogens with one attached hydrogen (secondary N) is 1. The minimum atomic E-state index is -1.08. The summed E-state index contributed by atoms with van der Waals surface area (Å²) in [5.41, 5.74) is 1.37. The van der Waals surface area contributed by atoms with Crippen LogP contribution in [-0.4, -0.2) is 29.1 Å². The third kappa shape index (κ3) is 5.79. The first-order valence-electron chi connectivity index (χ1n) is 6.79. The van der Waals surface area contributed by atoms with E-state index in [9.17, 15) is 9.59 Å². The Morgan fingerprint density at radius 3 is 2.43 bits per heavy atom. The van der Waals surface area contributed by atoms with E-state index in [0.29, 0.717) is 12.2 Å². The Kier molecular flexibility index (Phi) is 6.62. The molecule has 0 aliphatic rings. The SMILES string of the molecule is C=CCC(NC(=O)c1ccc(COC(C)C)cc1)C(=O)O. The van der Waals surface area contributed by atoms with Crippen LogP contribution in [0.25, 0.3) is 0 Å². The van der Waals surface area contributed by atoms with Gasteiger partial charge in [0.2, 0.25) is 0 Å². The van der Waals surface area contributed by atoms with Gasteiger partial charge < -0.3 is 15.2 Å². The predicted molar refractivity (Wildman–Crippen MR) is 80.1 cm³/mol. The highest BCUT2D eigenvalue weighted by Gasteiger charge is 2.18. The maximum Gasteiger partial charge on any atom is 0.326 e. The average molecular weight is 291 g/mol. The van der Waals surface area contributed by atoms with Gasteiger partial charge in [-0.3, -0.25) is 4.79 Å². The summed E-state index contributed by atoms with van der Waals surface area (Å²) in [5.74, 6) is -1.49. The summed E-state index contributed by atoms with van der Waals surface area (Å²) in [4.78, 5) is 23.0. The molecule has 0 aromatic heterocycles. The van der Waals surface area contributed by atoms with Gasteiger partial charge in [0.25, 0.3) is 5.91 Å². The van der Waals surface area contributed by atoms with Crippen molar-refractivity contribution in [1.29, 1.82) is 0 Å². The second kappa shape index (κ2) is 8.21. The number of carboxylic acid groups (broad SMARTS) is 1. The topological polar surface area (TPSA) is 75.6 Å². The summed E-state index contributed by atoms with van der Waals surface area (Å²) in [6.45, 7) is 7.86. The van der Waals surface area contributed by atoms with Crippen LogP contribution in [-0.2, 0) is 16.1 Å². The summed E-state index contributed by atoms with van der Waals surface area (Å²) in [6.07, 6.45) is 1.79. The number of carbonyl (C=O) groups is 2. The monoisotopic (exact) mass is 291 g/mol. The lowest BCUT2D eigenvalue weighted by Gasteiger charge is -2.13. The van der Waals surface area contributed by atoms with Gasteiger partial charge in [0, 0.05) is 5.56 Å². The summed E-state index contributed by atoms with van der Waals surface area (Å²) >= 11 is 0. The standard InChI is InChI=1S/C16H21NO4/c1-4-5-14(16(19)20)17-15(18)13-8-6-12(7-9-13)10-21-11(2)3/h4,6-9,11,14H,1,5,10H2,2-3H3,(H,17,18)(H,19,20). The molecule has 0 bridgehead atoms. The molecule has 1 aromatic rings. The molecule has 0 spiro atoms. The number of hydrogen-bond acceptors (Lipinski definition) is 3. The molecule has 1 atom stereocenters. The number of amides is 1. The van der Waals surface area contributed by atoms with Crippen molar-refractivity contribution in [1.82, 2.24) is 5.32 Å². The zero-order valence-electron chi connectivity index (χ0n) is 12.3. The Bertz CT molecular complexity index is 494. The second-order valence-electron chi connectivity index (χ2n) is 4.95. The Morgan fingerprint density at radius 2 is 1.95 bits per heavy atom. The normalized spacial score (nSPS) is 12.0. The predicted octanol–water partition coefficient (Wildman–Crippen LogP) is 2.37. The molecular weight excluding hydrogens is 270 g/mol. The number of hydrogen-bond donors (Lipinski definition) is 2. The van der Waals surface area contributed by atoms with Crippen molar-refractivity contribution < 1.29 is 19.4 Å². The van der Waals surface area contributed by atoms with E-state index in [-0.39, 0.29) is 12.5 Å². The van der Waals surface area contributed by atoms with Crippen molar-refractivity contribution in [2.75, 3.05) is 0 Å². The van der Waals surface area contributed by atoms with Crippen LogP contribution in [0.1, 0.15) is 36.2 Å². The molecular formula is C16H21NO4. The molecule has 0 heterocycles. The first-order valence-corrected chi connectivity index (χ1v) is 6.79. The lowest BCUT2D eigenvalue weighted by molar-refractivity contribution is -0.139. The Hall–Kier alpha value is -2.14. The molecule has 0 radical (unpaired) electrons. The van der Waals surface area contributed by atoms with Crippen molar-refractivity contribution >= 4 is 11.9 Å². The molecule has 114 valence electrons. The molecule has 1 aromatic carbocycles. The van der Waals surface area contributed by atoms with Gasteiger partial charge in [-0.05, 0) is 38.0 Å². The third-order valence-corrected chi connectivity index (χ3v) is 2.81. The van der Waals surface area contributed by atoms with Gasteiger partial charge in [-0.25, -0.2) is 4.79 Å². The molecule has 2 N–H and O–H groups in total. The molecule has 1 amide bonds. The van der Waals surface area contributed by atoms with E-state index in [0.717, 1.165) is 5.56 Å². The zero-order valence-corrected chi connectivity index (χ0v) is 12.3. The lowest BCUT2D eigenvalue weighted by atomic mass is 10.1. The van der Waals surface area contributed by atoms with Gasteiger partial charge >= 0.3 is 5.97 Å². The molecule has 0 saturated carbocycles. The van der Waals surface area contributed by atoms with Gasteiger partial charge in [-0.15, -0.1) is 6.58 Å². The van der Waals surface area contributed by atoms with Crippen LogP contribution in [0.4, 0.5) is 0 Å². The Morgan fingerprint density at radius 1 is 1.33 bits per heavy atom. The molecule has 0 fully saturated rings. The van der Waals surface area contributed by atoms with Crippen LogP contribution < -0.4 is 5.32 Å². The quantitative estimate of drug-likeness (QED) is 0.721. The third-order valence-electron chi connectivity index (χ3n) is 2.81. The van der Waals surface area contributed by atoms with E-state index in [4.69, 9.17) is 9.84 Å². The highest BCUT2D eigenvalue weighted by atomic mass is 16.5.